The third-order valence-electron chi connectivity index (χ3n) is 4.24. The number of aryl methyl sites for hydroxylation is 1. The smallest absolute Gasteiger partial charge is 0.143 e. The van der Waals surface area contributed by atoms with E-state index >= 15 is 0 Å². The Balaban J connectivity index is 1.69. The van der Waals surface area contributed by atoms with Gasteiger partial charge in [-0.1, -0.05) is 30.3 Å². The summed E-state index contributed by atoms with van der Waals surface area (Å²) in [5, 5.41) is 6.73. The van der Waals surface area contributed by atoms with E-state index in [0.29, 0.717) is 5.82 Å². The molecule has 1 aromatic heterocycles. The summed E-state index contributed by atoms with van der Waals surface area (Å²) in [5.41, 5.74) is 2.03. The molecule has 6 nitrogen and oxygen atoms in total. The summed E-state index contributed by atoms with van der Waals surface area (Å²) in [6.45, 7) is 6.64. The molecule has 0 radical (unpaired) electrons. The second-order valence-electron chi connectivity index (χ2n) is 6.96. The SMILES string of the molecule is COc1ccccc1CCNc1cc(Nc2ccccc2OC(C)C)nc(C)n1. The van der Waals surface area contributed by atoms with Crippen LogP contribution in [0.25, 0.3) is 0 Å². The fraction of sp³-hybridized carbons (Fsp3) is 0.304. The normalized spacial score (nSPS) is 10.7. The molecular weight excluding hydrogens is 364 g/mol. The minimum absolute atomic E-state index is 0.0947. The van der Waals surface area contributed by atoms with Crippen LogP contribution in [0.3, 0.4) is 0 Å². The lowest BCUT2D eigenvalue weighted by molar-refractivity contribution is 0.244. The van der Waals surface area contributed by atoms with Crippen LogP contribution in [0.1, 0.15) is 25.2 Å². The molecule has 0 spiro atoms. The van der Waals surface area contributed by atoms with Gasteiger partial charge in [-0.15, -0.1) is 0 Å². The van der Waals surface area contributed by atoms with Gasteiger partial charge in [0.15, 0.2) is 0 Å². The van der Waals surface area contributed by atoms with E-state index in [-0.39, 0.29) is 6.10 Å². The van der Waals surface area contributed by atoms with Gasteiger partial charge in [-0.3, -0.25) is 0 Å². The summed E-state index contributed by atoms with van der Waals surface area (Å²) in [5.74, 6) is 3.88. The van der Waals surface area contributed by atoms with Crippen molar-refractivity contribution >= 4 is 17.3 Å². The van der Waals surface area contributed by atoms with Crippen LogP contribution in [-0.4, -0.2) is 29.7 Å². The zero-order valence-electron chi connectivity index (χ0n) is 17.4. The first-order valence-corrected chi connectivity index (χ1v) is 9.79. The van der Waals surface area contributed by atoms with E-state index in [9.17, 15) is 0 Å². The van der Waals surface area contributed by atoms with Crippen molar-refractivity contribution < 1.29 is 9.47 Å². The Kier molecular flexibility index (Phi) is 6.89. The molecule has 0 atom stereocenters. The van der Waals surface area contributed by atoms with E-state index in [0.717, 1.165) is 47.4 Å². The number of anilines is 3. The molecule has 0 unspecified atom stereocenters. The maximum absolute atomic E-state index is 5.88. The van der Waals surface area contributed by atoms with Gasteiger partial charge in [0.25, 0.3) is 0 Å². The number of nitrogens with one attached hydrogen (secondary N) is 2. The molecule has 1 heterocycles. The fourth-order valence-electron chi connectivity index (χ4n) is 3.02. The first kappa shape index (κ1) is 20.5. The topological polar surface area (TPSA) is 68.3 Å². The van der Waals surface area contributed by atoms with Crippen molar-refractivity contribution in [3.05, 3.63) is 66.0 Å². The molecule has 3 aromatic rings. The van der Waals surface area contributed by atoms with Crippen LogP contribution in [-0.2, 0) is 6.42 Å². The first-order valence-electron chi connectivity index (χ1n) is 9.79. The van der Waals surface area contributed by atoms with Crippen LogP contribution >= 0.6 is 0 Å². The molecule has 0 bridgehead atoms. The number of benzene rings is 2. The van der Waals surface area contributed by atoms with Crippen LogP contribution in [0.5, 0.6) is 11.5 Å². The van der Waals surface area contributed by atoms with Crippen LogP contribution in [0.4, 0.5) is 17.3 Å². The molecule has 0 aliphatic heterocycles. The number of methoxy groups -OCH3 is 1. The minimum atomic E-state index is 0.0947. The zero-order chi connectivity index (χ0) is 20.6. The molecule has 0 aliphatic carbocycles. The minimum Gasteiger partial charge on any atom is -0.496 e. The van der Waals surface area contributed by atoms with E-state index < -0.39 is 0 Å². The molecule has 0 saturated heterocycles. The maximum Gasteiger partial charge on any atom is 0.143 e. The van der Waals surface area contributed by atoms with E-state index in [4.69, 9.17) is 9.47 Å². The van der Waals surface area contributed by atoms with Crippen LogP contribution in [0, 0.1) is 6.92 Å². The number of ether oxygens (including phenoxy) is 2. The van der Waals surface area contributed by atoms with Crippen molar-refractivity contribution in [2.45, 2.75) is 33.3 Å². The van der Waals surface area contributed by atoms with E-state index in [1.807, 2.05) is 69.3 Å². The van der Waals surface area contributed by atoms with Gasteiger partial charge in [-0.2, -0.15) is 0 Å². The largest absolute Gasteiger partial charge is 0.496 e. The lowest BCUT2D eigenvalue weighted by Gasteiger charge is -2.16. The average Bonchev–Trinajstić information content (AvgIpc) is 2.69. The lowest BCUT2D eigenvalue weighted by atomic mass is 10.1. The van der Waals surface area contributed by atoms with Gasteiger partial charge in [-0.05, 0) is 51.0 Å². The summed E-state index contributed by atoms with van der Waals surface area (Å²) in [6.07, 6.45) is 0.929. The number of para-hydroxylation sites is 3. The first-order chi connectivity index (χ1) is 14.0. The van der Waals surface area contributed by atoms with Gasteiger partial charge < -0.3 is 20.1 Å². The summed E-state index contributed by atoms with van der Waals surface area (Å²) >= 11 is 0. The number of hydrogen-bond donors (Lipinski definition) is 2. The molecule has 6 heteroatoms. The molecular formula is C23H28N4O2. The van der Waals surface area contributed by atoms with E-state index in [1.54, 1.807) is 7.11 Å². The third kappa shape index (κ3) is 5.85. The van der Waals surface area contributed by atoms with Crippen LogP contribution < -0.4 is 20.1 Å². The quantitative estimate of drug-likeness (QED) is 0.535. The highest BCUT2D eigenvalue weighted by atomic mass is 16.5. The monoisotopic (exact) mass is 392 g/mol. The highest BCUT2D eigenvalue weighted by molar-refractivity contribution is 5.65. The van der Waals surface area contributed by atoms with Gasteiger partial charge in [0.05, 0.1) is 18.9 Å². The number of aromatic nitrogens is 2. The molecule has 152 valence electrons. The Morgan fingerprint density at radius 1 is 0.931 bits per heavy atom. The molecule has 3 rings (SSSR count). The molecule has 0 saturated carbocycles. The second kappa shape index (κ2) is 9.78. The Hall–Kier alpha value is -3.28. The van der Waals surface area contributed by atoms with Crippen molar-refractivity contribution in [3.8, 4) is 11.5 Å². The van der Waals surface area contributed by atoms with Gasteiger partial charge in [0.1, 0.15) is 29.0 Å². The van der Waals surface area contributed by atoms with Gasteiger partial charge in [0, 0.05) is 12.6 Å². The Morgan fingerprint density at radius 3 is 2.38 bits per heavy atom. The zero-order valence-corrected chi connectivity index (χ0v) is 17.4. The van der Waals surface area contributed by atoms with Gasteiger partial charge in [0.2, 0.25) is 0 Å². The Bertz CT molecular complexity index is 944. The fourth-order valence-corrected chi connectivity index (χ4v) is 3.02. The number of nitrogens with zero attached hydrogens (tertiary/aromatic N) is 2. The predicted octanol–water partition coefficient (Wildman–Crippen LogP) is 4.98. The van der Waals surface area contributed by atoms with Crippen LogP contribution in [0.2, 0.25) is 0 Å². The molecule has 0 fully saturated rings. The van der Waals surface area contributed by atoms with Crippen molar-refractivity contribution in [3.63, 3.8) is 0 Å². The van der Waals surface area contributed by atoms with E-state index in [2.05, 4.69) is 26.7 Å². The highest BCUT2D eigenvalue weighted by Crippen LogP contribution is 2.28. The lowest BCUT2D eigenvalue weighted by Crippen LogP contribution is -2.10. The average molecular weight is 393 g/mol. The Labute approximate surface area is 172 Å². The van der Waals surface area contributed by atoms with Crippen molar-refractivity contribution in [2.75, 3.05) is 24.3 Å². The maximum atomic E-state index is 5.88. The molecule has 2 N–H and O–H groups in total. The van der Waals surface area contributed by atoms with Crippen molar-refractivity contribution in [1.82, 2.24) is 9.97 Å². The molecule has 2 aromatic carbocycles. The van der Waals surface area contributed by atoms with Gasteiger partial charge in [-0.25, -0.2) is 9.97 Å². The second-order valence-corrected chi connectivity index (χ2v) is 6.96. The van der Waals surface area contributed by atoms with Crippen molar-refractivity contribution in [2.24, 2.45) is 0 Å². The van der Waals surface area contributed by atoms with E-state index in [1.165, 1.54) is 0 Å². The summed E-state index contributed by atoms with van der Waals surface area (Å²) in [7, 11) is 1.69. The Morgan fingerprint density at radius 2 is 1.62 bits per heavy atom. The third-order valence-corrected chi connectivity index (χ3v) is 4.24. The summed E-state index contributed by atoms with van der Waals surface area (Å²) in [4.78, 5) is 9.00. The molecule has 29 heavy (non-hydrogen) atoms. The standard InChI is InChI=1S/C23H28N4O2/c1-16(2)29-21-12-8-6-10-19(21)27-23-15-22(25-17(3)26-23)24-14-13-18-9-5-7-11-20(18)28-4/h5-12,15-16H,13-14H2,1-4H3,(H2,24,25,26,27). The molecule has 0 aliphatic rings. The predicted molar refractivity (Wildman–Crippen MR) is 117 cm³/mol. The molecule has 0 amide bonds. The number of hydrogen-bond acceptors (Lipinski definition) is 6. The van der Waals surface area contributed by atoms with Crippen molar-refractivity contribution in [1.29, 1.82) is 0 Å². The van der Waals surface area contributed by atoms with Crippen LogP contribution in [0.15, 0.2) is 54.6 Å². The van der Waals surface area contributed by atoms with Gasteiger partial charge >= 0.3 is 0 Å². The highest BCUT2D eigenvalue weighted by Gasteiger charge is 2.08. The summed E-state index contributed by atoms with van der Waals surface area (Å²) in [6, 6.07) is 17.8. The number of rotatable bonds is 9. The summed E-state index contributed by atoms with van der Waals surface area (Å²) < 4.78 is 11.3.